The summed E-state index contributed by atoms with van der Waals surface area (Å²) in [6.45, 7) is 2.35. The second-order valence-corrected chi connectivity index (χ2v) is 7.05. The minimum atomic E-state index is -0.991. The molecule has 0 bridgehead atoms. The first-order valence-electron chi connectivity index (χ1n) is 8.77. The van der Waals surface area contributed by atoms with Crippen molar-refractivity contribution in [3.05, 3.63) is 74.9 Å². The molecule has 29 heavy (non-hydrogen) atoms. The molecule has 0 unspecified atom stereocenters. The van der Waals surface area contributed by atoms with Crippen LogP contribution in [0.2, 0.25) is 0 Å². The Labute approximate surface area is 181 Å². The Morgan fingerprint density at radius 2 is 1.97 bits per heavy atom. The highest BCUT2D eigenvalue weighted by Gasteiger charge is 2.18. The largest absolute Gasteiger partial charge is 0.488 e. The Morgan fingerprint density at radius 3 is 2.59 bits per heavy atom. The van der Waals surface area contributed by atoms with Gasteiger partial charge in [0.1, 0.15) is 24.0 Å². The van der Waals surface area contributed by atoms with Crippen molar-refractivity contribution in [2.45, 2.75) is 19.4 Å². The maximum atomic E-state index is 13.1. The van der Waals surface area contributed by atoms with E-state index in [1.807, 2.05) is 6.07 Å². The number of halogens is 3. The third-order valence-corrected chi connectivity index (χ3v) is 4.52. The number of ether oxygens (including phenoxy) is 2. The molecule has 0 aliphatic heterocycles. The van der Waals surface area contributed by atoms with Crippen molar-refractivity contribution in [3.8, 4) is 17.6 Å². The molecule has 0 amide bonds. The number of hydrogen-bond acceptors (Lipinski definition) is 3. The summed E-state index contributed by atoms with van der Waals surface area (Å²) in [5.41, 5.74) is 1.09. The normalized spacial score (nSPS) is 11.7. The first-order valence-corrected chi connectivity index (χ1v) is 9.85. The van der Waals surface area contributed by atoms with Gasteiger partial charge in [-0.05, 0) is 71.5 Å². The van der Waals surface area contributed by atoms with Crippen molar-refractivity contribution < 1.29 is 28.2 Å². The van der Waals surface area contributed by atoms with Gasteiger partial charge in [-0.1, -0.05) is 17.9 Å². The molecule has 1 N–H and O–H groups in total. The molecule has 2 rings (SSSR count). The highest BCUT2D eigenvalue weighted by atomic mass is 127. The van der Waals surface area contributed by atoms with E-state index in [0.717, 1.165) is 27.3 Å². The zero-order valence-electron chi connectivity index (χ0n) is 15.6. The van der Waals surface area contributed by atoms with Gasteiger partial charge in [-0.3, -0.25) is 0 Å². The molecule has 0 aliphatic carbocycles. The summed E-state index contributed by atoms with van der Waals surface area (Å²) in [5, 5.41) is 9.17. The van der Waals surface area contributed by atoms with Gasteiger partial charge < -0.3 is 14.6 Å². The number of aliphatic carboxylic acids is 1. The third-order valence-electron chi connectivity index (χ3n) is 3.68. The van der Waals surface area contributed by atoms with E-state index in [9.17, 15) is 13.6 Å². The maximum Gasteiger partial charge on any atom is 0.333 e. The molecule has 0 aromatic heterocycles. The fourth-order valence-corrected chi connectivity index (χ4v) is 3.15. The molecule has 7 heteroatoms. The summed E-state index contributed by atoms with van der Waals surface area (Å²) >= 11 is 2.12. The molecule has 0 saturated carbocycles. The van der Waals surface area contributed by atoms with E-state index in [1.165, 1.54) is 0 Å². The van der Waals surface area contributed by atoms with E-state index in [2.05, 4.69) is 34.4 Å². The van der Waals surface area contributed by atoms with Crippen LogP contribution in [-0.4, -0.2) is 30.4 Å². The SMILES string of the molecule is CCO[C@@H](Cc1ccc(OCC=CC#Cc2cc(F)cc(F)c2)c(I)c1)C(=O)O. The third kappa shape index (κ3) is 7.83. The van der Waals surface area contributed by atoms with Gasteiger partial charge in [0.05, 0.1) is 3.57 Å². The van der Waals surface area contributed by atoms with Crippen LogP contribution in [0.25, 0.3) is 0 Å². The average Bonchev–Trinajstić information content (AvgIpc) is 2.64. The molecule has 0 saturated heterocycles. The van der Waals surface area contributed by atoms with Gasteiger partial charge in [0.25, 0.3) is 0 Å². The van der Waals surface area contributed by atoms with Crippen LogP contribution in [0.3, 0.4) is 0 Å². The lowest BCUT2D eigenvalue weighted by atomic mass is 10.1. The number of allylic oxidation sites excluding steroid dienone is 1. The van der Waals surface area contributed by atoms with Crippen molar-refractivity contribution in [2.24, 2.45) is 0 Å². The lowest BCUT2D eigenvalue weighted by Crippen LogP contribution is -2.26. The molecular weight excluding hydrogens is 493 g/mol. The highest BCUT2D eigenvalue weighted by Crippen LogP contribution is 2.23. The molecule has 4 nitrogen and oxygen atoms in total. The predicted octanol–water partition coefficient (Wildman–Crippen LogP) is 4.59. The molecule has 0 radical (unpaired) electrons. The van der Waals surface area contributed by atoms with Crippen LogP contribution in [0.15, 0.2) is 48.6 Å². The molecule has 1 atom stereocenters. The van der Waals surface area contributed by atoms with Crippen molar-refractivity contribution in [1.29, 1.82) is 0 Å². The van der Waals surface area contributed by atoms with Crippen LogP contribution in [0.4, 0.5) is 8.78 Å². The summed E-state index contributed by atoms with van der Waals surface area (Å²) in [6.07, 6.45) is 2.62. The Bertz CT molecular complexity index is 927. The van der Waals surface area contributed by atoms with E-state index in [0.29, 0.717) is 12.4 Å². The minimum Gasteiger partial charge on any atom is -0.488 e. The first-order chi connectivity index (χ1) is 13.9. The number of carboxylic acids is 1. The number of carbonyl (C=O) groups is 1. The summed E-state index contributed by atoms with van der Waals surface area (Å²) in [7, 11) is 0. The molecule has 0 spiro atoms. The zero-order chi connectivity index (χ0) is 21.2. The summed E-state index contributed by atoms with van der Waals surface area (Å²) in [5.74, 6) is 3.66. The van der Waals surface area contributed by atoms with Crippen molar-refractivity contribution in [1.82, 2.24) is 0 Å². The van der Waals surface area contributed by atoms with Crippen LogP contribution in [0, 0.1) is 27.0 Å². The fourth-order valence-electron chi connectivity index (χ4n) is 2.42. The molecular formula is C22H19F2IO4. The number of rotatable bonds is 8. The molecule has 152 valence electrons. The van der Waals surface area contributed by atoms with Gasteiger partial charge in [-0.25, -0.2) is 13.6 Å². The van der Waals surface area contributed by atoms with Gasteiger partial charge in [0.2, 0.25) is 0 Å². The Morgan fingerprint density at radius 1 is 1.24 bits per heavy atom. The maximum absolute atomic E-state index is 13.1. The zero-order valence-corrected chi connectivity index (χ0v) is 17.8. The highest BCUT2D eigenvalue weighted by molar-refractivity contribution is 14.1. The first kappa shape index (κ1) is 22.8. The van der Waals surface area contributed by atoms with Crippen molar-refractivity contribution in [2.75, 3.05) is 13.2 Å². The van der Waals surface area contributed by atoms with E-state index >= 15 is 0 Å². The minimum absolute atomic E-state index is 0.255. The second kappa shape index (κ2) is 11.5. The molecule has 2 aromatic rings. The predicted molar refractivity (Wildman–Crippen MR) is 114 cm³/mol. The number of carboxylic acid groups (broad SMARTS) is 1. The van der Waals surface area contributed by atoms with E-state index in [1.54, 1.807) is 31.2 Å². The smallest absolute Gasteiger partial charge is 0.333 e. The van der Waals surface area contributed by atoms with Gasteiger partial charge in [-0.2, -0.15) is 0 Å². The van der Waals surface area contributed by atoms with Crippen LogP contribution < -0.4 is 4.74 Å². The van der Waals surface area contributed by atoms with Gasteiger partial charge >= 0.3 is 5.97 Å². The van der Waals surface area contributed by atoms with Crippen LogP contribution in [0.5, 0.6) is 5.75 Å². The molecule has 0 aliphatic rings. The summed E-state index contributed by atoms with van der Waals surface area (Å²) in [4.78, 5) is 11.2. The van der Waals surface area contributed by atoms with Gasteiger partial charge in [0, 0.05) is 24.7 Å². The van der Waals surface area contributed by atoms with Crippen molar-refractivity contribution in [3.63, 3.8) is 0 Å². The van der Waals surface area contributed by atoms with E-state index in [4.69, 9.17) is 14.6 Å². The monoisotopic (exact) mass is 512 g/mol. The van der Waals surface area contributed by atoms with Crippen LogP contribution >= 0.6 is 22.6 Å². The Balaban J connectivity index is 1.90. The summed E-state index contributed by atoms with van der Waals surface area (Å²) < 4.78 is 37.9. The molecule has 2 aromatic carbocycles. The van der Waals surface area contributed by atoms with E-state index in [-0.39, 0.29) is 18.6 Å². The Kier molecular flexibility index (Phi) is 9.09. The lowest BCUT2D eigenvalue weighted by molar-refractivity contribution is -0.149. The average molecular weight is 512 g/mol. The Hall–Kier alpha value is -2.44. The quantitative estimate of drug-likeness (QED) is 0.416. The molecule has 0 fully saturated rings. The number of hydrogen-bond donors (Lipinski definition) is 1. The van der Waals surface area contributed by atoms with Crippen LogP contribution in [-0.2, 0) is 16.0 Å². The van der Waals surface area contributed by atoms with Crippen LogP contribution in [0.1, 0.15) is 18.1 Å². The fraction of sp³-hybridized carbons (Fsp3) is 0.227. The lowest BCUT2D eigenvalue weighted by Gasteiger charge is -2.13. The standard InChI is InChI=1S/C22H19F2IO4/c1-2-28-21(22(26)27)13-16-7-8-20(19(25)12-16)29-9-5-3-4-6-15-10-17(23)14-18(24)11-15/h3,5,7-8,10-12,14,21H,2,9,13H2,1H3,(H,26,27)/t21-/m0/s1. The summed E-state index contributed by atoms with van der Waals surface area (Å²) in [6, 6.07) is 8.54. The number of benzene rings is 2. The van der Waals surface area contributed by atoms with E-state index < -0.39 is 23.7 Å². The second-order valence-electron chi connectivity index (χ2n) is 5.89. The van der Waals surface area contributed by atoms with Gasteiger partial charge in [0.15, 0.2) is 6.10 Å². The topological polar surface area (TPSA) is 55.8 Å². The van der Waals surface area contributed by atoms with Gasteiger partial charge in [-0.15, -0.1) is 0 Å². The molecule has 0 heterocycles. The van der Waals surface area contributed by atoms with Crippen molar-refractivity contribution >= 4 is 28.6 Å².